The van der Waals surface area contributed by atoms with Gasteiger partial charge in [0.25, 0.3) is 11.8 Å². The molecule has 188 valence electrons. The predicted molar refractivity (Wildman–Crippen MR) is 142 cm³/mol. The molecule has 1 heterocycles. The Morgan fingerprint density at radius 2 is 1.42 bits per heavy atom. The molecule has 1 N–H and O–H groups in total. The molecule has 7 nitrogen and oxygen atoms in total. The summed E-state index contributed by atoms with van der Waals surface area (Å²) in [5, 5.41) is 2.95. The Balaban J connectivity index is 1.29. The van der Waals surface area contributed by atoms with Crippen molar-refractivity contribution in [1.29, 1.82) is 0 Å². The van der Waals surface area contributed by atoms with E-state index in [0.29, 0.717) is 24.2 Å². The first-order valence-corrected chi connectivity index (χ1v) is 12.3. The number of carbonyl (C=O) groups is 2. The first-order valence-electron chi connectivity index (χ1n) is 12.3. The van der Waals surface area contributed by atoms with Crippen molar-refractivity contribution in [2.45, 2.75) is 26.4 Å². The number of hydrogen-bond acceptors (Lipinski definition) is 5. The highest BCUT2D eigenvalue weighted by molar-refractivity contribution is 6.04. The third kappa shape index (κ3) is 6.16. The number of amides is 2. The van der Waals surface area contributed by atoms with Gasteiger partial charge >= 0.3 is 0 Å². The summed E-state index contributed by atoms with van der Waals surface area (Å²) in [7, 11) is 1.61. The van der Waals surface area contributed by atoms with Gasteiger partial charge in [0.2, 0.25) is 0 Å². The molecule has 1 atom stereocenters. The molecule has 1 aliphatic rings. The van der Waals surface area contributed by atoms with E-state index in [1.165, 1.54) is 0 Å². The highest BCUT2D eigenvalue weighted by Gasteiger charge is 2.22. The summed E-state index contributed by atoms with van der Waals surface area (Å²) in [4.78, 5) is 29.6. The van der Waals surface area contributed by atoms with E-state index in [0.717, 1.165) is 42.4 Å². The van der Waals surface area contributed by atoms with E-state index < -0.39 is 0 Å². The fourth-order valence-corrected chi connectivity index (χ4v) is 4.04. The fraction of sp³-hybridized carbons (Fsp3) is 0.310. The van der Waals surface area contributed by atoms with Gasteiger partial charge in [-0.25, -0.2) is 0 Å². The Bertz CT molecular complexity index is 1150. The number of piperazine rings is 1. The zero-order valence-corrected chi connectivity index (χ0v) is 21.1. The molecule has 0 spiro atoms. The van der Waals surface area contributed by atoms with Gasteiger partial charge in [-0.2, -0.15) is 0 Å². The van der Waals surface area contributed by atoms with Crippen LogP contribution in [0, 0.1) is 0 Å². The molecule has 0 radical (unpaired) electrons. The number of rotatable bonds is 8. The number of benzene rings is 3. The van der Waals surface area contributed by atoms with E-state index in [1.807, 2.05) is 48.2 Å². The average Bonchev–Trinajstić information content (AvgIpc) is 2.93. The van der Waals surface area contributed by atoms with Gasteiger partial charge in [-0.05, 0) is 86.1 Å². The van der Waals surface area contributed by atoms with Crippen molar-refractivity contribution in [3.63, 3.8) is 0 Å². The highest BCUT2D eigenvalue weighted by Crippen LogP contribution is 2.22. The number of anilines is 2. The molecule has 1 unspecified atom stereocenters. The van der Waals surface area contributed by atoms with Crippen LogP contribution in [0.5, 0.6) is 11.5 Å². The number of carbonyl (C=O) groups excluding carboxylic acids is 2. The SMILES string of the molecule is CCC(C)Oc1ccc(C(=O)Nc2ccc(N3CCN(C(=O)c4ccc(OC)cc4)CC3)cc2)cc1. The zero-order chi connectivity index (χ0) is 25.5. The molecule has 0 saturated carbocycles. The van der Waals surface area contributed by atoms with Crippen LogP contribution < -0.4 is 19.7 Å². The molecule has 3 aromatic rings. The van der Waals surface area contributed by atoms with Gasteiger partial charge in [0.05, 0.1) is 13.2 Å². The second-order valence-electron chi connectivity index (χ2n) is 8.87. The normalized spacial score (nSPS) is 14.2. The second-order valence-corrected chi connectivity index (χ2v) is 8.87. The van der Waals surface area contributed by atoms with Crippen LogP contribution in [0.25, 0.3) is 0 Å². The summed E-state index contributed by atoms with van der Waals surface area (Å²) in [6.07, 6.45) is 1.07. The summed E-state index contributed by atoms with van der Waals surface area (Å²) in [6, 6.07) is 22.2. The summed E-state index contributed by atoms with van der Waals surface area (Å²) in [6.45, 7) is 6.90. The Morgan fingerprint density at radius 1 is 0.833 bits per heavy atom. The molecule has 2 amide bonds. The lowest BCUT2D eigenvalue weighted by atomic mass is 10.1. The van der Waals surface area contributed by atoms with Gasteiger partial charge in [-0.15, -0.1) is 0 Å². The van der Waals surface area contributed by atoms with Crippen LogP contribution in [0.1, 0.15) is 41.0 Å². The van der Waals surface area contributed by atoms with Gasteiger partial charge in [0.15, 0.2) is 0 Å². The fourth-order valence-electron chi connectivity index (χ4n) is 4.04. The smallest absolute Gasteiger partial charge is 0.255 e. The summed E-state index contributed by atoms with van der Waals surface area (Å²) >= 11 is 0. The number of ether oxygens (including phenoxy) is 2. The molecule has 1 aliphatic heterocycles. The molecular weight excluding hydrogens is 454 g/mol. The molecule has 0 bridgehead atoms. The average molecular weight is 488 g/mol. The first kappa shape index (κ1) is 25.1. The van der Waals surface area contributed by atoms with Crippen LogP contribution in [0.2, 0.25) is 0 Å². The molecule has 36 heavy (non-hydrogen) atoms. The lowest BCUT2D eigenvalue weighted by Crippen LogP contribution is -2.48. The molecule has 0 aromatic heterocycles. The van der Waals surface area contributed by atoms with Gasteiger partial charge in [-0.1, -0.05) is 6.92 Å². The minimum Gasteiger partial charge on any atom is -0.497 e. The van der Waals surface area contributed by atoms with Gasteiger partial charge in [-0.3, -0.25) is 9.59 Å². The van der Waals surface area contributed by atoms with E-state index in [1.54, 1.807) is 43.5 Å². The standard InChI is InChI=1S/C29H33N3O4/c1-4-21(2)36-27-15-5-22(6-16-27)28(33)30-24-9-11-25(12-10-24)31-17-19-32(20-18-31)29(34)23-7-13-26(35-3)14-8-23/h5-16,21H,4,17-20H2,1-3H3,(H,30,33). The quantitative estimate of drug-likeness (QED) is 0.479. The van der Waals surface area contributed by atoms with E-state index in [-0.39, 0.29) is 17.9 Å². The molecule has 0 aliphatic carbocycles. The van der Waals surface area contributed by atoms with E-state index >= 15 is 0 Å². The number of nitrogens with zero attached hydrogens (tertiary/aromatic N) is 2. The van der Waals surface area contributed by atoms with E-state index in [9.17, 15) is 9.59 Å². The first-order chi connectivity index (χ1) is 17.5. The third-order valence-corrected chi connectivity index (χ3v) is 6.42. The Morgan fingerprint density at radius 3 is 2.00 bits per heavy atom. The lowest BCUT2D eigenvalue weighted by Gasteiger charge is -2.36. The van der Waals surface area contributed by atoms with Gasteiger partial charge < -0.3 is 24.6 Å². The monoisotopic (exact) mass is 487 g/mol. The van der Waals surface area contributed by atoms with Crippen LogP contribution in [0.15, 0.2) is 72.8 Å². The number of hydrogen-bond donors (Lipinski definition) is 1. The van der Waals surface area contributed by atoms with Crippen LogP contribution in [0.3, 0.4) is 0 Å². The van der Waals surface area contributed by atoms with Crippen LogP contribution in [-0.2, 0) is 0 Å². The lowest BCUT2D eigenvalue weighted by molar-refractivity contribution is 0.0746. The minimum absolute atomic E-state index is 0.0369. The van der Waals surface area contributed by atoms with E-state index in [4.69, 9.17) is 9.47 Å². The summed E-state index contributed by atoms with van der Waals surface area (Å²) in [5.74, 6) is 1.37. The Hall–Kier alpha value is -4.00. The predicted octanol–water partition coefficient (Wildman–Crippen LogP) is 5.09. The second kappa shape index (κ2) is 11.6. The molecule has 7 heteroatoms. The Kier molecular flexibility index (Phi) is 8.10. The van der Waals surface area contributed by atoms with Crippen LogP contribution in [-0.4, -0.2) is 56.1 Å². The van der Waals surface area contributed by atoms with Crippen LogP contribution >= 0.6 is 0 Å². The van der Waals surface area contributed by atoms with Crippen molar-refractivity contribution in [1.82, 2.24) is 4.90 Å². The van der Waals surface area contributed by atoms with E-state index in [2.05, 4.69) is 17.1 Å². The molecule has 3 aromatic carbocycles. The van der Waals surface area contributed by atoms with Crippen molar-refractivity contribution in [2.24, 2.45) is 0 Å². The highest BCUT2D eigenvalue weighted by atomic mass is 16.5. The number of methoxy groups -OCH3 is 1. The van der Waals surface area contributed by atoms with Crippen molar-refractivity contribution >= 4 is 23.2 Å². The van der Waals surface area contributed by atoms with Gasteiger partial charge in [0, 0.05) is 48.7 Å². The van der Waals surface area contributed by atoms with Crippen molar-refractivity contribution in [3.05, 3.63) is 83.9 Å². The third-order valence-electron chi connectivity index (χ3n) is 6.42. The molecule has 1 saturated heterocycles. The zero-order valence-electron chi connectivity index (χ0n) is 21.1. The van der Waals surface area contributed by atoms with Crippen molar-refractivity contribution in [2.75, 3.05) is 43.5 Å². The maximum Gasteiger partial charge on any atom is 0.255 e. The summed E-state index contributed by atoms with van der Waals surface area (Å²) < 4.78 is 10.9. The largest absolute Gasteiger partial charge is 0.497 e. The maximum absolute atomic E-state index is 12.8. The minimum atomic E-state index is -0.163. The molecule has 1 fully saturated rings. The van der Waals surface area contributed by atoms with Gasteiger partial charge in [0.1, 0.15) is 11.5 Å². The Labute approximate surface area is 212 Å². The molecule has 4 rings (SSSR count). The number of nitrogens with one attached hydrogen (secondary N) is 1. The maximum atomic E-state index is 12.8. The topological polar surface area (TPSA) is 71.1 Å². The molecular formula is C29H33N3O4. The van der Waals surface area contributed by atoms with Crippen molar-refractivity contribution < 1.29 is 19.1 Å². The van der Waals surface area contributed by atoms with Crippen molar-refractivity contribution in [3.8, 4) is 11.5 Å². The van der Waals surface area contributed by atoms with Crippen LogP contribution in [0.4, 0.5) is 11.4 Å². The summed E-state index contributed by atoms with van der Waals surface area (Å²) in [5.41, 5.74) is 3.04.